The molecule has 1 aromatic carbocycles. The molecule has 4 heteroatoms. The lowest BCUT2D eigenvalue weighted by molar-refractivity contribution is -0.137. The summed E-state index contributed by atoms with van der Waals surface area (Å²) < 4.78 is 11.2. The second-order valence-corrected chi connectivity index (χ2v) is 7.17. The Morgan fingerprint density at radius 3 is 2.35 bits per heavy atom. The van der Waals surface area contributed by atoms with Gasteiger partial charge in [0.25, 0.3) is 5.91 Å². The average molecular weight is 321 g/mol. The second kappa shape index (κ2) is 8.34. The number of methoxy groups -OCH3 is 1. The number of ether oxygens (including phenoxy) is 2. The van der Waals surface area contributed by atoms with Gasteiger partial charge in [-0.2, -0.15) is 0 Å². The molecule has 4 nitrogen and oxygen atoms in total. The number of benzene rings is 1. The Bertz CT molecular complexity index is 525. The van der Waals surface area contributed by atoms with E-state index < -0.39 is 5.60 Å². The van der Waals surface area contributed by atoms with Gasteiger partial charge in [0.1, 0.15) is 11.4 Å². The van der Waals surface area contributed by atoms with Crippen molar-refractivity contribution in [2.75, 3.05) is 19.0 Å². The van der Waals surface area contributed by atoms with Crippen LogP contribution in [0.2, 0.25) is 0 Å². The molecule has 1 rings (SSSR count). The molecule has 1 N–H and O–H groups in total. The van der Waals surface area contributed by atoms with Crippen molar-refractivity contribution in [2.45, 2.75) is 53.6 Å². The van der Waals surface area contributed by atoms with Crippen LogP contribution in [0.1, 0.15) is 46.6 Å². The van der Waals surface area contributed by atoms with Crippen molar-refractivity contribution < 1.29 is 14.3 Å². The Morgan fingerprint density at radius 1 is 1.22 bits per heavy atom. The van der Waals surface area contributed by atoms with Crippen LogP contribution in [0.3, 0.4) is 0 Å². The maximum absolute atomic E-state index is 12.5. The summed E-state index contributed by atoms with van der Waals surface area (Å²) in [5.74, 6) is 1.59. The number of aryl methyl sites for hydroxylation is 1. The van der Waals surface area contributed by atoms with Crippen molar-refractivity contribution in [2.24, 2.45) is 11.8 Å². The SMILES string of the molecule is COC(C)(CC(C)C)C(=O)Nc1ccc(OCC(C)C)c(C)c1. The minimum absolute atomic E-state index is 0.121. The molecule has 0 heterocycles. The number of hydrogen-bond donors (Lipinski definition) is 1. The molecular weight excluding hydrogens is 290 g/mol. The molecule has 0 bridgehead atoms. The Labute approximate surface area is 140 Å². The fourth-order valence-electron chi connectivity index (χ4n) is 2.46. The summed E-state index contributed by atoms with van der Waals surface area (Å²) in [4.78, 5) is 12.5. The van der Waals surface area contributed by atoms with Gasteiger partial charge in [-0.3, -0.25) is 4.79 Å². The predicted molar refractivity (Wildman–Crippen MR) is 95.0 cm³/mol. The van der Waals surface area contributed by atoms with Crippen LogP contribution in [0.5, 0.6) is 5.75 Å². The lowest BCUT2D eigenvalue weighted by Crippen LogP contribution is -2.43. The molecule has 0 aliphatic rings. The average Bonchev–Trinajstić information content (AvgIpc) is 2.45. The number of carbonyl (C=O) groups is 1. The molecule has 0 aromatic heterocycles. The summed E-state index contributed by atoms with van der Waals surface area (Å²) in [6.07, 6.45) is 0.671. The maximum Gasteiger partial charge on any atom is 0.256 e. The minimum Gasteiger partial charge on any atom is -0.493 e. The van der Waals surface area contributed by atoms with E-state index in [1.807, 2.05) is 32.0 Å². The normalized spacial score (nSPS) is 14.0. The van der Waals surface area contributed by atoms with Crippen molar-refractivity contribution in [3.8, 4) is 5.75 Å². The summed E-state index contributed by atoms with van der Waals surface area (Å²) in [5.41, 5.74) is 0.942. The van der Waals surface area contributed by atoms with Crippen molar-refractivity contribution in [3.63, 3.8) is 0 Å². The van der Waals surface area contributed by atoms with Gasteiger partial charge >= 0.3 is 0 Å². The summed E-state index contributed by atoms with van der Waals surface area (Å²) >= 11 is 0. The smallest absolute Gasteiger partial charge is 0.256 e. The topological polar surface area (TPSA) is 47.6 Å². The van der Waals surface area contributed by atoms with Crippen molar-refractivity contribution in [3.05, 3.63) is 23.8 Å². The third-order valence-corrected chi connectivity index (χ3v) is 3.73. The van der Waals surface area contributed by atoms with Crippen LogP contribution in [-0.4, -0.2) is 25.2 Å². The zero-order chi connectivity index (χ0) is 17.6. The first-order valence-corrected chi connectivity index (χ1v) is 8.28. The number of anilines is 1. The third-order valence-electron chi connectivity index (χ3n) is 3.73. The highest BCUT2D eigenvalue weighted by molar-refractivity contribution is 5.97. The molecule has 0 aliphatic carbocycles. The number of hydrogen-bond acceptors (Lipinski definition) is 3. The summed E-state index contributed by atoms with van der Waals surface area (Å²) in [7, 11) is 1.58. The van der Waals surface area contributed by atoms with Crippen LogP contribution in [0, 0.1) is 18.8 Å². The summed E-state index contributed by atoms with van der Waals surface area (Å²) in [6, 6.07) is 5.70. The molecule has 0 fully saturated rings. The standard InChI is InChI=1S/C19H31NO3/c1-13(2)11-19(6,22-7)18(21)20-16-8-9-17(15(5)10-16)23-12-14(3)4/h8-10,13-14H,11-12H2,1-7H3,(H,20,21). The van der Waals surface area contributed by atoms with E-state index in [4.69, 9.17) is 9.47 Å². The first-order chi connectivity index (χ1) is 10.7. The van der Waals surface area contributed by atoms with Gasteiger partial charge in [0, 0.05) is 12.8 Å². The molecule has 1 amide bonds. The largest absolute Gasteiger partial charge is 0.493 e. The van der Waals surface area contributed by atoms with E-state index in [0.717, 1.165) is 17.0 Å². The van der Waals surface area contributed by atoms with Gasteiger partial charge in [0.2, 0.25) is 0 Å². The Kier molecular flexibility index (Phi) is 7.07. The Morgan fingerprint density at radius 2 is 1.87 bits per heavy atom. The van der Waals surface area contributed by atoms with Crippen LogP contribution in [0.15, 0.2) is 18.2 Å². The fourth-order valence-corrected chi connectivity index (χ4v) is 2.46. The lowest BCUT2D eigenvalue weighted by Gasteiger charge is -2.28. The molecule has 23 heavy (non-hydrogen) atoms. The van der Waals surface area contributed by atoms with E-state index in [0.29, 0.717) is 24.9 Å². The fraction of sp³-hybridized carbons (Fsp3) is 0.632. The number of nitrogens with one attached hydrogen (secondary N) is 1. The van der Waals surface area contributed by atoms with E-state index >= 15 is 0 Å². The van der Waals surface area contributed by atoms with E-state index in [-0.39, 0.29) is 5.91 Å². The van der Waals surface area contributed by atoms with Crippen LogP contribution >= 0.6 is 0 Å². The van der Waals surface area contributed by atoms with E-state index in [1.54, 1.807) is 7.11 Å². The van der Waals surface area contributed by atoms with Gasteiger partial charge in [-0.05, 0) is 55.9 Å². The van der Waals surface area contributed by atoms with Gasteiger partial charge in [-0.25, -0.2) is 0 Å². The molecule has 0 aliphatic heterocycles. The molecule has 1 unspecified atom stereocenters. The summed E-state index contributed by atoms with van der Waals surface area (Å²) in [6.45, 7) is 12.9. The van der Waals surface area contributed by atoms with E-state index in [9.17, 15) is 4.79 Å². The van der Waals surface area contributed by atoms with Crippen molar-refractivity contribution >= 4 is 11.6 Å². The third kappa shape index (κ3) is 5.87. The molecule has 130 valence electrons. The molecule has 0 spiro atoms. The Balaban J connectivity index is 2.80. The first-order valence-electron chi connectivity index (χ1n) is 8.28. The van der Waals surface area contributed by atoms with Gasteiger partial charge in [0.15, 0.2) is 0 Å². The van der Waals surface area contributed by atoms with E-state index in [2.05, 4.69) is 33.0 Å². The quantitative estimate of drug-likeness (QED) is 0.771. The lowest BCUT2D eigenvalue weighted by atomic mass is 9.93. The molecular formula is C19H31NO3. The van der Waals surface area contributed by atoms with Crippen LogP contribution in [0.25, 0.3) is 0 Å². The predicted octanol–water partition coefficient (Wildman–Crippen LogP) is 4.42. The highest BCUT2D eigenvalue weighted by atomic mass is 16.5. The molecule has 0 saturated heterocycles. The second-order valence-electron chi connectivity index (χ2n) is 7.17. The van der Waals surface area contributed by atoms with Gasteiger partial charge in [-0.1, -0.05) is 27.7 Å². The Hall–Kier alpha value is -1.55. The molecule has 1 aromatic rings. The van der Waals surface area contributed by atoms with Crippen LogP contribution in [0.4, 0.5) is 5.69 Å². The van der Waals surface area contributed by atoms with Gasteiger partial charge in [-0.15, -0.1) is 0 Å². The van der Waals surface area contributed by atoms with Crippen LogP contribution in [-0.2, 0) is 9.53 Å². The van der Waals surface area contributed by atoms with Gasteiger partial charge in [0.05, 0.1) is 6.61 Å². The number of carbonyl (C=O) groups excluding carboxylic acids is 1. The minimum atomic E-state index is -0.825. The maximum atomic E-state index is 12.5. The first kappa shape index (κ1) is 19.5. The van der Waals surface area contributed by atoms with E-state index in [1.165, 1.54) is 0 Å². The monoisotopic (exact) mass is 321 g/mol. The molecule has 0 radical (unpaired) electrons. The zero-order valence-electron chi connectivity index (χ0n) is 15.5. The number of rotatable bonds is 8. The number of amides is 1. The van der Waals surface area contributed by atoms with Crippen LogP contribution < -0.4 is 10.1 Å². The zero-order valence-corrected chi connectivity index (χ0v) is 15.5. The highest BCUT2D eigenvalue weighted by Crippen LogP contribution is 2.25. The summed E-state index contributed by atoms with van der Waals surface area (Å²) in [5, 5.41) is 2.95. The molecule has 0 saturated carbocycles. The highest BCUT2D eigenvalue weighted by Gasteiger charge is 2.33. The van der Waals surface area contributed by atoms with Gasteiger partial charge < -0.3 is 14.8 Å². The van der Waals surface area contributed by atoms with Crippen molar-refractivity contribution in [1.82, 2.24) is 0 Å². The van der Waals surface area contributed by atoms with Crippen molar-refractivity contribution in [1.29, 1.82) is 0 Å². The molecule has 1 atom stereocenters.